The molecule has 2 aliphatic heterocycles. The third kappa shape index (κ3) is 6.05. The van der Waals surface area contributed by atoms with Gasteiger partial charge in [0.1, 0.15) is 17.6 Å². The highest BCUT2D eigenvalue weighted by atomic mass is 35.5. The van der Waals surface area contributed by atoms with Crippen LogP contribution in [-0.4, -0.2) is 57.5 Å². The van der Waals surface area contributed by atoms with Gasteiger partial charge in [-0.1, -0.05) is 36.7 Å². The normalized spacial score (nSPS) is 20.9. The van der Waals surface area contributed by atoms with Crippen LogP contribution in [0, 0.1) is 5.41 Å². The number of phenols is 1. The molecule has 0 saturated carbocycles. The number of rotatable bonds is 7. The van der Waals surface area contributed by atoms with Gasteiger partial charge in [-0.05, 0) is 66.5 Å². The second kappa shape index (κ2) is 11.5. The Kier molecular flexibility index (Phi) is 8.13. The van der Waals surface area contributed by atoms with Gasteiger partial charge in [0.15, 0.2) is 0 Å². The predicted octanol–water partition coefficient (Wildman–Crippen LogP) is 5.58. The molecule has 3 atom stereocenters. The van der Waals surface area contributed by atoms with E-state index in [1.165, 1.54) is 42.5 Å². The Morgan fingerprint density at radius 3 is 2.60 bits per heavy atom. The van der Waals surface area contributed by atoms with E-state index in [4.69, 9.17) is 22.1 Å². The van der Waals surface area contributed by atoms with Gasteiger partial charge in [0.2, 0.25) is 17.9 Å². The molecule has 3 aromatic rings. The van der Waals surface area contributed by atoms with Crippen LogP contribution in [0.15, 0.2) is 48.5 Å². The number of aliphatic carboxylic acids is 1. The van der Waals surface area contributed by atoms with Gasteiger partial charge in [0.05, 0.1) is 0 Å². The topological polar surface area (TPSA) is 134 Å². The van der Waals surface area contributed by atoms with E-state index in [0.29, 0.717) is 43.7 Å². The van der Waals surface area contributed by atoms with E-state index in [1.54, 1.807) is 6.07 Å². The molecule has 42 heavy (non-hydrogen) atoms. The Morgan fingerprint density at radius 1 is 1.21 bits per heavy atom. The second-order valence-corrected chi connectivity index (χ2v) is 11.3. The lowest BCUT2D eigenvalue weighted by Gasteiger charge is -2.43. The minimum atomic E-state index is -4.85. The summed E-state index contributed by atoms with van der Waals surface area (Å²) in [5.41, 5.74) is 5.98. The Balaban J connectivity index is 1.42. The number of carboxylic acid groups (broad SMARTS) is 1. The number of benzene rings is 2. The van der Waals surface area contributed by atoms with Gasteiger partial charge in [-0.25, -0.2) is 0 Å². The van der Waals surface area contributed by atoms with Gasteiger partial charge in [-0.2, -0.15) is 23.1 Å². The molecule has 0 bridgehead atoms. The van der Waals surface area contributed by atoms with E-state index in [2.05, 4.69) is 15.3 Å². The van der Waals surface area contributed by atoms with Crippen molar-refractivity contribution in [3.8, 4) is 22.8 Å². The van der Waals surface area contributed by atoms with Gasteiger partial charge in [-0.15, -0.1) is 0 Å². The summed E-state index contributed by atoms with van der Waals surface area (Å²) >= 11 is 6.14. The lowest BCUT2D eigenvalue weighted by atomic mass is 9.71. The molecule has 5 N–H and O–H groups in total. The summed E-state index contributed by atoms with van der Waals surface area (Å²) < 4.78 is 49.0. The third-order valence-corrected chi connectivity index (χ3v) is 8.47. The van der Waals surface area contributed by atoms with Crippen LogP contribution in [0.2, 0.25) is 5.02 Å². The summed E-state index contributed by atoms with van der Waals surface area (Å²) in [6.45, 7) is 3.05. The number of carboxylic acids is 1. The van der Waals surface area contributed by atoms with Crippen molar-refractivity contribution < 1.29 is 32.9 Å². The molecule has 5 rings (SSSR count). The number of alkyl halides is 3. The quantitative estimate of drug-likeness (QED) is 0.272. The summed E-state index contributed by atoms with van der Waals surface area (Å²) in [6.07, 6.45) is -4.60. The van der Waals surface area contributed by atoms with Crippen LogP contribution < -0.4 is 20.7 Å². The zero-order valence-corrected chi connectivity index (χ0v) is 23.5. The van der Waals surface area contributed by atoms with Crippen molar-refractivity contribution in [2.75, 3.05) is 23.7 Å². The van der Waals surface area contributed by atoms with Crippen molar-refractivity contribution in [3.63, 3.8) is 0 Å². The Morgan fingerprint density at radius 2 is 1.95 bits per heavy atom. The van der Waals surface area contributed by atoms with E-state index < -0.39 is 24.3 Å². The van der Waals surface area contributed by atoms with Crippen molar-refractivity contribution >= 4 is 29.3 Å². The van der Waals surface area contributed by atoms with E-state index in [-0.39, 0.29) is 45.2 Å². The number of hydrogen-bond donors (Lipinski definition) is 4. The summed E-state index contributed by atoms with van der Waals surface area (Å²) in [7, 11) is 0. The van der Waals surface area contributed by atoms with Crippen LogP contribution in [0.3, 0.4) is 0 Å². The Bertz CT molecular complexity index is 1470. The number of nitrogens with one attached hydrogen (secondary N) is 1. The molecular weight excluding hydrogens is 575 g/mol. The predicted molar refractivity (Wildman–Crippen MR) is 152 cm³/mol. The third-order valence-electron chi connectivity index (χ3n) is 8.24. The fourth-order valence-corrected chi connectivity index (χ4v) is 6.40. The highest BCUT2D eigenvalue weighted by Gasteiger charge is 2.50. The first-order valence-corrected chi connectivity index (χ1v) is 14.0. The average molecular weight is 606 g/mol. The molecule has 0 radical (unpaired) electrons. The van der Waals surface area contributed by atoms with E-state index in [9.17, 15) is 28.2 Å². The maximum atomic E-state index is 14.5. The van der Waals surface area contributed by atoms with Crippen molar-refractivity contribution in [1.29, 1.82) is 0 Å². The fourth-order valence-electron chi connectivity index (χ4n) is 6.23. The van der Waals surface area contributed by atoms with Crippen molar-refractivity contribution in [3.05, 3.63) is 59.1 Å². The number of carbonyl (C=O) groups is 1. The van der Waals surface area contributed by atoms with Crippen LogP contribution in [0.25, 0.3) is 11.1 Å². The molecule has 2 aromatic carbocycles. The number of ether oxygens (including phenoxy) is 1. The highest BCUT2D eigenvalue weighted by molar-refractivity contribution is 6.30. The molecule has 2 aliphatic rings. The summed E-state index contributed by atoms with van der Waals surface area (Å²) in [4.78, 5) is 21.7. The molecule has 0 amide bonds. The minimum absolute atomic E-state index is 0.0581. The molecule has 13 heteroatoms. The van der Waals surface area contributed by atoms with Gasteiger partial charge in [0, 0.05) is 35.8 Å². The Labute approximate surface area is 245 Å². The fraction of sp³-hybridized carbons (Fsp3) is 0.414. The maximum Gasteiger partial charge on any atom is 0.429 e. The van der Waals surface area contributed by atoms with Gasteiger partial charge >= 0.3 is 12.1 Å². The smallest absolute Gasteiger partial charge is 0.429 e. The first kappa shape index (κ1) is 29.7. The van der Waals surface area contributed by atoms with Crippen LogP contribution in [0.5, 0.6) is 11.6 Å². The molecular formula is C29H31ClF3N5O4. The van der Waals surface area contributed by atoms with Gasteiger partial charge in [0.25, 0.3) is 0 Å². The number of aromatic nitrogens is 2. The Hall–Kier alpha value is -3.77. The number of phenolic OH excluding ortho intramolecular Hbond substituents is 1. The maximum absolute atomic E-state index is 14.5. The van der Waals surface area contributed by atoms with Gasteiger partial charge in [-0.3, -0.25) is 4.79 Å². The molecule has 9 nitrogen and oxygen atoms in total. The number of hydrogen-bond acceptors (Lipinski definition) is 8. The monoisotopic (exact) mass is 605 g/mol. The first-order valence-electron chi connectivity index (χ1n) is 13.6. The SMILES string of the molecule is CCC1NC(C(=O)O)CC12CCN(c1cc(O[C@H](c3ccc(Cl)cc3-c3cccc(O)c3)C(F)(F)F)nc(N)n1)CC2. The number of piperidine rings is 1. The standard InChI is InChI=1S/C29H31ClF3N5O4/c1-2-22-28(15-21(35-22)26(40)41)8-10-38(11-9-28)23-14-24(37-27(34)36-23)42-25(29(31,32)33)19-7-6-17(30)13-20(19)16-4-3-5-18(39)12-16/h3-7,12-14,21-22,25,35,39H,2,8-11,15H2,1H3,(H,40,41)(H2,34,36,37)/t21?,22?,25-/m1/s1. The molecule has 2 saturated heterocycles. The molecule has 224 valence electrons. The van der Waals surface area contributed by atoms with Crippen molar-refractivity contribution in [1.82, 2.24) is 15.3 Å². The van der Waals surface area contributed by atoms with Crippen molar-refractivity contribution in [2.24, 2.45) is 5.41 Å². The highest BCUT2D eigenvalue weighted by Crippen LogP contribution is 2.46. The van der Waals surface area contributed by atoms with Gasteiger partial charge < -0.3 is 30.9 Å². The lowest BCUT2D eigenvalue weighted by Crippen LogP contribution is -2.46. The van der Waals surface area contributed by atoms with E-state index >= 15 is 0 Å². The number of aromatic hydroxyl groups is 1. The largest absolute Gasteiger partial charge is 0.508 e. The van der Waals surface area contributed by atoms with Crippen LogP contribution >= 0.6 is 11.6 Å². The van der Waals surface area contributed by atoms with Crippen LogP contribution in [0.4, 0.5) is 24.9 Å². The van der Waals surface area contributed by atoms with Crippen LogP contribution in [0.1, 0.15) is 44.3 Å². The summed E-state index contributed by atoms with van der Waals surface area (Å²) in [5, 5.41) is 22.9. The lowest BCUT2D eigenvalue weighted by molar-refractivity contribution is -0.198. The number of nitrogen functional groups attached to an aromatic ring is 1. The van der Waals surface area contributed by atoms with E-state index in [0.717, 1.165) is 6.42 Å². The molecule has 1 aromatic heterocycles. The number of anilines is 2. The molecule has 2 unspecified atom stereocenters. The number of nitrogens with two attached hydrogens (primary N) is 1. The molecule has 1 spiro atoms. The zero-order chi connectivity index (χ0) is 30.2. The zero-order valence-electron chi connectivity index (χ0n) is 22.7. The van der Waals surface area contributed by atoms with Crippen molar-refractivity contribution in [2.45, 2.75) is 57.0 Å². The molecule has 3 heterocycles. The summed E-state index contributed by atoms with van der Waals surface area (Å²) in [6, 6.07) is 10.6. The van der Waals surface area contributed by atoms with E-state index in [1.807, 2.05) is 11.8 Å². The first-order chi connectivity index (χ1) is 19.9. The summed E-state index contributed by atoms with van der Waals surface area (Å²) in [5.74, 6) is -1.25. The number of nitrogens with zero attached hydrogens (tertiary/aromatic N) is 3. The molecule has 2 fully saturated rings. The second-order valence-electron chi connectivity index (χ2n) is 10.8. The minimum Gasteiger partial charge on any atom is -0.508 e. The average Bonchev–Trinajstić information content (AvgIpc) is 3.29. The number of halogens is 4. The van der Waals surface area contributed by atoms with Crippen LogP contribution in [-0.2, 0) is 4.79 Å². The molecule has 0 aliphatic carbocycles.